The highest BCUT2D eigenvalue weighted by atomic mass is 16.6. The van der Waals surface area contributed by atoms with E-state index in [0.29, 0.717) is 0 Å². The largest absolute Gasteiger partial charge is 0.463 e. The van der Waals surface area contributed by atoms with E-state index >= 15 is 0 Å². The van der Waals surface area contributed by atoms with Gasteiger partial charge in [-0.25, -0.2) is 0 Å². The van der Waals surface area contributed by atoms with Gasteiger partial charge in [-0.1, -0.05) is 0 Å². The summed E-state index contributed by atoms with van der Waals surface area (Å²) in [7, 11) is 0. The van der Waals surface area contributed by atoms with Crippen LogP contribution >= 0.6 is 0 Å². The molecule has 8 nitrogen and oxygen atoms in total. The highest BCUT2D eigenvalue weighted by molar-refractivity contribution is 5.67. The van der Waals surface area contributed by atoms with Crippen molar-refractivity contribution in [2.45, 2.75) is 58.2 Å². The fourth-order valence-electron chi connectivity index (χ4n) is 2.15. The molecule has 0 aromatic carbocycles. The third kappa shape index (κ3) is 4.98. The van der Waals surface area contributed by atoms with E-state index in [9.17, 15) is 14.4 Å². The quantitative estimate of drug-likeness (QED) is 0.547. The van der Waals surface area contributed by atoms with Gasteiger partial charge in [0.1, 0.15) is 12.7 Å². The zero-order chi connectivity index (χ0) is 16.2. The molecule has 0 radical (unpaired) electrons. The first-order valence-electron chi connectivity index (χ1n) is 6.61. The Kier molecular flexibility index (Phi) is 6.10. The van der Waals surface area contributed by atoms with Gasteiger partial charge in [0.15, 0.2) is 12.2 Å². The lowest BCUT2D eigenvalue weighted by Crippen LogP contribution is -2.63. The van der Waals surface area contributed by atoms with Gasteiger partial charge in [-0.2, -0.15) is 0 Å². The van der Waals surface area contributed by atoms with E-state index in [4.69, 9.17) is 24.7 Å². The van der Waals surface area contributed by atoms with Crippen LogP contribution in [0.15, 0.2) is 0 Å². The van der Waals surface area contributed by atoms with Gasteiger partial charge >= 0.3 is 17.9 Å². The molecule has 21 heavy (non-hydrogen) atoms. The molecule has 120 valence electrons. The Hall–Kier alpha value is -1.67. The van der Waals surface area contributed by atoms with Gasteiger partial charge in [-0.15, -0.1) is 0 Å². The molecular formula is C13H21NO7. The molecule has 0 spiro atoms. The first-order chi connectivity index (χ1) is 9.72. The van der Waals surface area contributed by atoms with E-state index < -0.39 is 48.4 Å². The van der Waals surface area contributed by atoms with Gasteiger partial charge < -0.3 is 24.7 Å². The normalized spacial score (nSPS) is 32.1. The van der Waals surface area contributed by atoms with Crippen LogP contribution in [0.5, 0.6) is 0 Å². The third-order valence-corrected chi connectivity index (χ3v) is 3.06. The van der Waals surface area contributed by atoms with E-state index in [2.05, 4.69) is 0 Å². The van der Waals surface area contributed by atoms with Crippen LogP contribution in [0.25, 0.3) is 0 Å². The van der Waals surface area contributed by atoms with Crippen molar-refractivity contribution in [1.82, 2.24) is 0 Å². The number of hydrogen-bond donors (Lipinski definition) is 1. The van der Waals surface area contributed by atoms with Crippen molar-refractivity contribution >= 4 is 17.9 Å². The number of nitrogens with two attached hydrogens (primary N) is 1. The lowest BCUT2D eigenvalue weighted by Gasteiger charge is -2.42. The molecule has 0 amide bonds. The van der Waals surface area contributed by atoms with E-state index in [0.717, 1.165) is 0 Å². The maximum Gasteiger partial charge on any atom is 0.303 e. The van der Waals surface area contributed by atoms with Crippen LogP contribution in [0.3, 0.4) is 0 Å². The first kappa shape index (κ1) is 17.4. The molecule has 1 aliphatic heterocycles. The minimum atomic E-state index is -0.933. The van der Waals surface area contributed by atoms with Crippen LogP contribution in [0.4, 0.5) is 0 Å². The Morgan fingerprint density at radius 2 is 1.52 bits per heavy atom. The molecule has 0 aromatic heterocycles. The molecule has 2 unspecified atom stereocenters. The summed E-state index contributed by atoms with van der Waals surface area (Å²) >= 11 is 0. The van der Waals surface area contributed by atoms with Crippen LogP contribution in [-0.2, 0) is 33.3 Å². The van der Waals surface area contributed by atoms with Crippen molar-refractivity contribution in [2.75, 3.05) is 6.61 Å². The zero-order valence-electron chi connectivity index (χ0n) is 12.5. The maximum atomic E-state index is 11.2. The third-order valence-electron chi connectivity index (χ3n) is 3.06. The van der Waals surface area contributed by atoms with Gasteiger partial charge in [0.25, 0.3) is 0 Å². The van der Waals surface area contributed by atoms with Crippen LogP contribution in [-0.4, -0.2) is 55.0 Å². The average Bonchev–Trinajstić information content (AvgIpc) is 2.35. The summed E-state index contributed by atoms with van der Waals surface area (Å²) in [6, 6.07) is -0.660. The van der Waals surface area contributed by atoms with Gasteiger partial charge in [-0.3, -0.25) is 14.4 Å². The minimum absolute atomic E-state index is 0.123. The summed E-state index contributed by atoms with van der Waals surface area (Å²) in [6.45, 7) is 5.28. The van der Waals surface area contributed by atoms with Crippen molar-refractivity contribution in [2.24, 2.45) is 5.73 Å². The van der Waals surface area contributed by atoms with E-state index in [-0.39, 0.29) is 6.61 Å². The average molecular weight is 303 g/mol. The maximum absolute atomic E-state index is 11.2. The Morgan fingerprint density at radius 3 is 2.00 bits per heavy atom. The fraction of sp³-hybridized carbons (Fsp3) is 0.769. The zero-order valence-corrected chi connectivity index (χ0v) is 12.5. The number of hydrogen-bond acceptors (Lipinski definition) is 8. The second-order valence-electron chi connectivity index (χ2n) is 4.91. The highest BCUT2D eigenvalue weighted by Crippen LogP contribution is 2.25. The Balaban J connectivity index is 2.94. The number of rotatable bonds is 4. The Labute approximate surface area is 122 Å². The molecule has 1 heterocycles. The standard InChI is InChI=1S/C13H21NO7/c1-6-11(14)13(21-9(4)17)12(20-8(3)16)10(19-6)5-18-7(2)15/h6,10-13H,5,14H2,1-4H3/t6-,10?,11?,12-,13+/m0/s1. The summed E-state index contributed by atoms with van der Waals surface area (Å²) in [5.41, 5.74) is 5.95. The molecule has 1 rings (SSSR count). The summed E-state index contributed by atoms with van der Waals surface area (Å²) in [4.78, 5) is 33.4. The second kappa shape index (κ2) is 7.37. The smallest absolute Gasteiger partial charge is 0.303 e. The van der Waals surface area contributed by atoms with Crippen LogP contribution < -0.4 is 5.73 Å². The molecule has 0 aliphatic carbocycles. The van der Waals surface area contributed by atoms with Crippen LogP contribution in [0.2, 0.25) is 0 Å². The predicted octanol–water partition coefficient (Wildman–Crippen LogP) is -0.472. The molecule has 0 aromatic rings. The Morgan fingerprint density at radius 1 is 1.00 bits per heavy atom. The second-order valence-corrected chi connectivity index (χ2v) is 4.91. The molecule has 1 fully saturated rings. The van der Waals surface area contributed by atoms with E-state index in [1.165, 1.54) is 20.8 Å². The van der Waals surface area contributed by atoms with Gasteiger partial charge in [0.05, 0.1) is 12.1 Å². The van der Waals surface area contributed by atoms with Gasteiger partial charge in [0, 0.05) is 20.8 Å². The molecular weight excluding hydrogens is 282 g/mol. The fourth-order valence-corrected chi connectivity index (χ4v) is 2.15. The number of carbonyl (C=O) groups is 3. The molecule has 1 aliphatic rings. The summed E-state index contributed by atoms with van der Waals surface area (Å²) in [6.07, 6.45) is -3.01. The molecule has 5 atom stereocenters. The lowest BCUT2D eigenvalue weighted by atomic mass is 9.93. The molecule has 2 N–H and O–H groups in total. The van der Waals surface area contributed by atoms with E-state index in [1.807, 2.05) is 0 Å². The number of carbonyl (C=O) groups excluding carboxylic acids is 3. The summed E-state index contributed by atoms with van der Waals surface area (Å²) in [5.74, 6) is -1.62. The van der Waals surface area contributed by atoms with E-state index in [1.54, 1.807) is 6.92 Å². The first-order valence-corrected chi connectivity index (χ1v) is 6.61. The lowest BCUT2D eigenvalue weighted by molar-refractivity contribution is -0.217. The summed E-state index contributed by atoms with van der Waals surface area (Å²) < 4.78 is 20.8. The molecule has 0 bridgehead atoms. The van der Waals surface area contributed by atoms with Crippen molar-refractivity contribution in [3.05, 3.63) is 0 Å². The van der Waals surface area contributed by atoms with Crippen molar-refractivity contribution < 1.29 is 33.3 Å². The monoisotopic (exact) mass is 303 g/mol. The van der Waals surface area contributed by atoms with Gasteiger partial charge in [-0.05, 0) is 6.92 Å². The van der Waals surface area contributed by atoms with Gasteiger partial charge in [0.2, 0.25) is 0 Å². The topological polar surface area (TPSA) is 114 Å². The van der Waals surface area contributed by atoms with Crippen molar-refractivity contribution in [3.63, 3.8) is 0 Å². The molecule has 1 saturated heterocycles. The van der Waals surface area contributed by atoms with Crippen molar-refractivity contribution in [1.29, 1.82) is 0 Å². The molecule has 8 heteroatoms. The number of ether oxygens (including phenoxy) is 4. The van der Waals surface area contributed by atoms with Crippen LogP contribution in [0, 0.1) is 0 Å². The number of esters is 3. The predicted molar refractivity (Wildman–Crippen MR) is 70.1 cm³/mol. The van der Waals surface area contributed by atoms with Crippen LogP contribution in [0.1, 0.15) is 27.7 Å². The van der Waals surface area contributed by atoms with Crippen molar-refractivity contribution in [3.8, 4) is 0 Å². The summed E-state index contributed by atoms with van der Waals surface area (Å²) in [5, 5.41) is 0. The SMILES string of the molecule is CC(=O)OCC1O[C@@H](C)C(N)[C@@H](OC(C)=O)[C@H]1OC(C)=O. The molecule has 0 saturated carbocycles. The highest BCUT2D eigenvalue weighted by Gasteiger charge is 2.47. The Bertz CT molecular complexity index is 411. The minimum Gasteiger partial charge on any atom is -0.463 e.